The normalized spacial score (nSPS) is 32.4. The molecule has 2 bridgehead atoms. The summed E-state index contributed by atoms with van der Waals surface area (Å²) in [6.45, 7) is 2.00. The van der Waals surface area contributed by atoms with Gasteiger partial charge in [0.05, 0.1) is 30.2 Å². The molecule has 3 fully saturated rings. The number of ether oxygens (including phenoxy) is 1. The summed E-state index contributed by atoms with van der Waals surface area (Å²) in [6, 6.07) is 5.34. The van der Waals surface area contributed by atoms with Crippen molar-refractivity contribution in [1.82, 2.24) is 9.80 Å². The van der Waals surface area contributed by atoms with E-state index in [9.17, 15) is 18.0 Å². The highest BCUT2D eigenvalue weighted by Gasteiger charge is 2.63. The Morgan fingerprint density at radius 1 is 1.33 bits per heavy atom. The molecule has 0 N–H and O–H groups in total. The Labute approximate surface area is 157 Å². The van der Waals surface area contributed by atoms with Crippen molar-refractivity contribution in [2.45, 2.75) is 37.1 Å². The zero-order valence-corrected chi connectivity index (χ0v) is 15.6. The smallest absolute Gasteiger partial charge is 0.369 e. The van der Waals surface area contributed by atoms with Gasteiger partial charge in [0.1, 0.15) is 0 Å². The van der Waals surface area contributed by atoms with E-state index in [0.29, 0.717) is 19.0 Å². The van der Waals surface area contributed by atoms with E-state index in [4.69, 9.17) is 4.74 Å². The van der Waals surface area contributed by atoms with E-state index in [2.05, 4.69) is 4.90 Å². The number of carbonyl (C=O) groups is 1. The minimum atomic E-state index is -4.45. The second kappa shape index (κ2) is 6.48. The van der Waals surface area contributed by atoms with E-state index in [-0.39, 0.29) is 35.5 Å². The van der Waals surface area contributed by atoms with Crippen LogP contribution in [0, 0.1) is 11.8 Å². The predicted molar refractivity (Wildman–Crippen MR) is 94.1 cm³/mol. The average molecular weight is 382 g/mol. The minimum Gasteiger partial charge on any atom is -0.369 e. The highest BCUT2D eigenvalue weighted by Crippen LogP contribution is 2.55. The Bertz CT molecular complexity index is 736. The molecule has 3 heterocycles. The molecule has 3 aliphatic rings. The van der Waals surface area contributed by atoms with Gasteiger partial charge in [-0.15, -0.1) is 0 Å². The first-order valence-corrected chi connectivity index (χ1v) is 9.45. The van der Waals surface area contributed by atoms with Crippen LogP contribution in [0.3, 0.4) is 0 Å². The van der Waals surface area contributed by atoms with Crippen LogP contribution in [-0.4, -0.2) is 61.1 Å². The molecule has 4 nitrogen and oxygen atoms in total. The first-order valence-electron chi connectivity index (χ1n) is 9.45. The van der Waals surface area contributed by atoms with Crippen LogP contribution in [0.25, 0.3) is 0 Å². The lowest BCUT2D eigenvalue weighted by Gasteiger charge is -2.30. The lowest BCUT2D eigenvalue weighted by atomic mass is 9.73. The summed E-state index contributed by atoms with van der Waals surface area (Å²) in [4.78, 5) is 16.7. The second-order valence-corrected chi connectivity index (χ2v) is 8.40. The van der Waals surface area contributed by atoms with E-state index < -0.39 is 11.7 Å². The van der Waals surface area contributed by atoms with Gasteiger partial charge in [-0.25, -0.2) is 0 Å². The Kier molecular flexibility index (Phi) is 4.50. The quantitative estimate of drug-likeness (QED) is 0.803. The molecule has 4 atom stereocenters. The number of hydrogen-bond acceptors (Lipinski definition) is 3. The Hall–Kier alpha value is -1.60. The molecule has 27 heavy (non-hydrogen) atoms. The van der Waals surface area contributed by atoms with Gasteiger partial charge in [-0.05, 0) is 38.6 Å². The van der Waals surface area contributed by atoms with Crippen LogP contribution in [0.5, 0.6) is 0 Å². The van der Waals surface area contributed by atoms with Crippen LogP contribution >= 0.6 is 0 Å². The van der Waals surface area contributed by atoms with Gasteiger partial charge in [0.2, 0.25) is 5.91 Å². The van der Waals surface area contributed by atoms with E-state index in [1.54, 1.807) is 11.0 Å². The van der Waals surface area contributed by atoms with Crippen molar-refractivity contribution in [2.24, 2.45) is 11.8 Å². The number of halogens is 3. The van der Waals surface area contributed by atoms with Gasteiger partial charge in [0.25, 0.3) is 0 Å². The fourth-order valence-corrected chi connectivity index (χ4v) is 5.27. The van der Waals surface area contributed by atoms with Crippen molar-refractivity contribution in [3.63, 3.8) is 0 Å². The third-order valence-electron chi connectivity index (χ3n) is 6.38. The summed E-state index contributed by atoms with van der Waals surface area (Å²) in [7, 11) is 4.06. The monoisotopic (exact) mass is 382 g/mol. The van der Waals surface area contributed by atoms with E-state index in [1.165, 1.54) is 12.1 Å². The topological polar surface area (TPSA) is 32.8 Å². The summed E-state index contributed by atoms with van der Waals surface area (Å²) in [5.74, 6) is 0.417. The third-order valence-corrected chi connectivity index (χ3v) is 6.38. The van der Waals surface area contributed by atoms with Crippen molar-refractivity contribution in [3.05, 3.63) is 35.4 Å². The first kappa shape index (κ1) is 18.7. The summed E-state index contributed by atoms with van der Waals surface area (Å²) >= 11 is 0. The van der Waals surface area contributed by atoms with Gasteiger partial charge in [-0.2, -0.15) is 13.2 Å². The summed E-state index contributed by atoms with van der Waals surface area (Å²) < 4.78 is 45.9. The molecular weight excluding hydrogens is 357 g/mol. The van der Waals surface area contributed by atoms with Crippen LogP contribution in [0.15, 0.2) is 24.3 Å². The van der Waals surface area contributed by atoms with Gasteiger partial charge in [-0.1, -0.05) is 18.2 Å². The molecule has 0 radical (unpaired) electrons. The highest BCUT2D eigenvalue weighted by molar-refractivity contribution is 5.79. The number of likely N-dealkylation sites (tertiary alicyclic amines) is 1. The lowest BCUT2D eigenvalue weighted by Crippen LogP contribution is -2.40. The Morgan fingerprint density at radius 2 is 2.07 bits per heavy atom. The van der Waals surface area contributed by atoms with E-state index in [1.807, 2.05) is 14.1 Å². The fourth-order valence-electron chi connectivity index (χ4n) is 5.27. The standard InChI is InChI=1S/C20H25F3N2O2/c1-24(2)10-14-16-11-25(12-19(16)8-7-17(14)27-19)18(26)9-13-5-3-4-6-15(13)20(21,22)23/h3-6,14,16-17H,7-12H2,1-2H3/t14-,16+,17+,19+/m0/s1. The fraction of sp³-hybridized carbons (Fsp3) is 0.650. The molecule has 0 aliphatic carbocycles. The molecule has 1 spiro atoms. The molecule has 0 unspecified atom stereocenters. The number of alkyl halides is 3. The number of benzene rings is 1. The maximum Gasteiger partial charge on any atom is 0.416 e. The molecule has 7 heteroatoms. The number of carbonyl (C=O) groups excluding carboxylic acids is 1. The van der Waals surface area contributed by atoms with Crippen LogP contribution in [-0.2, 0) is 22.1 Å². The number of fused-ring (bicyclic) bond motifs is 1. The average Bonchev–Trinajstić information content (AvgIpc) is 3.23. The Morgan fingerprint density at radius 3 is 2.78 bits per heavy atom. The van der Waals surface area contributed by atoms with Crippen LogP contribution in [0.1, 0.15) is 24.0 Å². The summed E-state index contributed by atoms with van der Waals surface area (Å²) in [5, 5.41) is 0. The molecule has 3 saturated heterocycles. The van der Waals surface area contributed by atoms with Crippen molar-refractivity contribution in [3.8, 4) is 0 Å². The van der Waals surface area contributed by atoms with Gasteiger partial charge < -0.3 is 14.5 Å². The minimum absolute atomic E-state index is 0.0413. The Balaban J connectivity index is 1.49. The lowest BCUT2D eigenvalue weighted by molar-refractivity contribution is -0.138. The molecule has 3 aliphatic heterocycles. The van der Waals surface area contributed by atoms with Crippen molar-refractivity contribution < 1.29 is 22.7 Å². The van der Waals surface area contributed by atoms with Crippen LogP contribution in [0.2, 0.25) is 0 Å². The molecule has 1 aromatic rings. The van der Waals surface area contributed by atoms with E-state index >= 15 is 0 Å². The number of nitrogens with zero attached hydrogens (tertiary/aromatic N) is 2. The SMILES string of the molecule is CN(C)C[C@H]1[C@H]2CN(C(=O)Cc3ccccc3C(F)(F)F)C[C@]23CC[C@H]1O3. The van der Waals surface area contributed by atoms with Crippen LogP contribution in [0.4, 0.5) is 13.2 Å². The predicted octanol–water partition coefficient (Wildman–Crippen LogP) is 2.82. The van der Waals surface area contributed by atoms with Crippen molar-refractivity contribution in [1.29, 1.82) is 0 Å². The number of hydrogen-bond donors (Lipinski definition) is 0. The highest BCUT2D eigenvalue weighted by atomic mass is 19.4. The molecule has 0 aromatic heterocycles. The summed E-state index contributed by atoms with van der Waals surface area (Å²) in [6.07, 6.45) is -2.47. The zero-order valence-electron chi connectivity index (χ0n) is 15.6. The third kappa shape index (κ3) is 3.25. The molecule has 148 valence electrons. The van der Waals surface area contributed by atoms with Gasteiger partial charge in [0, 0.05) is 24.9 Å². The maximum atomic E-state index is 13.2. The molecule has 0 saturated carbocycles. The molecule has 1 amide bonds. The van der Waals surface area contributed by atoms with E-state index in [0.717, 1.165) is 25.5 Å². The number of rotatable bonds is 4. The second-order valence-electron chi connectivity index (χ2n) is 8.40. The summed E-state index contributed by atoms with van der Waals surface area (Å²) in [5.41, 5.74) is -0.969. The maximum absolute atomic E-state index is 13.2. The molecule has 4 rings (SSSR count). The van der Waals surface area contributed by atoms with Crippen molar-refractivity contribution >= 4 is 5.91 Å². The van der Waals surface area contributed by atoms with Crippen molar-refractivity contribution in [2.75, 3.05) is 33.7 Å². The van der Waals surface area contributed by atoms with Crippen LogP contribution < -0.4 is 0 Å². The molecule has 1 aromatic carbocycles. The number of amides is 1. The largest absolute Gasteiger partial charge is 0.416 e. The first-order chi connectivity index (χ1) is 12.7. The van der Waals surface area contributed by atoms with Gasteiger partial charge >= 0.3 is 6.18 Å². The molecular formula is C20H25F3N2O2. The van der Waals surface area contributed by atoms with Gasteiger partial charge in [0.15, 0.2) is 0 Å². The zero-order chi connectivity index (χ0) is 19.4. The van der Waals surface area contributed by atoms with Gasteiger partial charge in [-0.3, -0.25) is 4.79 Å².